The summed E-state index contributed by atoms with van der Waals surface area (Å²) < 4.78 is 5.48. The molecule has 0 radical (unpaired) electrons. The van der Waals surface area contributed by atoms with Gasteiger partial charge in [-0.2, -0.15) is 0 Å². The van der Waals surface area contributed by atoms with E-state index in [1.807, 2.05) is 17.0 Å². The third kappa shape index (κ3) is 3.11. The van der Waals surface area contributed by atoms with E-state index in [1.165, 1.54) is 12.8 Å². The number of hydrogen-bond donors (Lipinski definition) is 1. The molecule has 0 spiro atoms. The SMILES string of the molecule is CO[C@@H]1CC(c2ncc[nH]2)N(C(=O)c2ccc(N3CCCC3)nc2)C1. The number of methoxy groups -OCH3 is 1. The van der Waals surface area contributed by atoms with Crippen LogP contribution in [0.5, 0.6) is 0 Å². The van der Waals surface area contributed by atoms with Crippen LogP contribution < -0.4 is 4.90 Å². The van der Waals surface area contributed by atoms with Crippen molar-refractivity contribution in [3.63, 3.8) is 0 Å². The van der Waals surface area contributed by atoms with Crippen LogP contribution in [0.2, 0.25) is 0 Å². The lowest BCUT2D eigenvalue weighted by Crippen LogP contribution is -2.32. The summed E-state index contributed by atoms with van der Waals surface area (Å²) in [7, 11) is 1.68. The molecule has 0 aliphatic carbocycles. The number of nitrogens with zero attached hydrogens (tertiary/aromatic N) is 4. The van der Waals surface area contributed by atoms with Crippen LogP contribution in [0, 0.1) is 0 Å². The van der Waals surface area contributed by atoms with Gasteiger partial charge in [0, 0.05) is 51.8 Å². The highest BCUT2D eigenvalue weighted by Gasteiger charge is 2.38. The number of aromatic nitrogens is 3. The van der Waals surface area contributed by atoms with Gasteiger partial charge >= 0.3 is 0 Å². The molecule has 2 fully saturated rings. The second-order valence-corrected chi connectivity index (χ2v) is 6.64. The number of anilines is 1. The minimum absolute atomic E-state index is 0.0240. The summed E-state index contributed by atoms with van der Waals surface area (Å²) >= 11 is 0. The van der Waals surface area contributed by atoms with Crippen molar-refractivity contribution in [2.45, 2.75) is 31.4 Å². The van der Waals surface area contributed by atoms with Gasteiger partial charge in [0.2, 0.25) is 0 Å². The summed E-state index contributed by atoms with van der Waals surface area (Å²) in [6.07, 6.45) is 8.37. The van der Waals surface area contributed by atoms with Crippen molar-refractivity contribution in [2.24, 2.45) is 0 Å². The molecule has 1 amide bonds. The zero-order valence-electron chi connectivity index (χ0n) is 14.4. The van der Waals surface area contributed by atoms with Crippen LogP contribution in [0.25, 0.3) is 0 Å². The molecule has 4 heterocycles. The first-order valence-electron chi connectivity index (χ1n) is 8.80. The summed E-state index contributed by atoms with van der Waals surface area (Å²) in [5, 5.41) is 0. The predicted molar refractivity (Wildman–Crippen MR) is 93.5 cm³/mol. The number of amides is 1. The Morgan fingerprint density at radius 1 is 1.28 bits per heavy atom. The van der Waals surface area contributed by atoms with E-state index in [0.29, 0.717) is 12.1 Å². The van der Waals surface area contributed by atoms with E-state index in [2.05, 4.69) is 19.9 Å². The normalized spacial score (nSPS) is 23.4. The number of carbonyl (C=O) groups is 1. The Labute approximate surface area is 147 Å². The lowest BCUT2D eigenvalue weighted by molar-refractivity contribution is 0.0684. The molecule has 4 rings (SSSR count). The van der Waals surface area contributed by atoms with E-state index >= 15 is 0 Å². The van der Waals surface area contributed by atoms with Gasteiger partial charge in [0.25, 0.3) is 5.91 Å². The largest absolute Gasteiger partial charge is 0.380 e. The van der Waals surface area contributed by atoms with E-state index in [1.54, 1.807) is 25.7 Å². The number of likely N-dealkylation sites (tertiary alicyclic amines) is 1. The van der Waals surface area contributed by atoms with Crippen molar-refractivity contribution >= 4 is 11.7 Å². The maximum absolute atomic E-state index is 13.0. The van der Waals surface area contributed by atoms with Gasteiger partial charge in [-0.05, 0) is 25.0 Å². The van der Waals surface area contributed by atoms with Gasteiger partial charge in [-0.1, -0.05) is 0 Å². The van der Waals surface area contributed by atoms with Crippen LogP contribution in [0.3, 0.4) is 0 Å². The maximum atomic E-state index is 13.0. The molecule has 2 aliphatic rings. The lowest BCUT2D eigenvalue weighted by Gasteiger charge is -2.23. The summed E-state index contributed by atoms with van der Waals surface area (Å²) in [4.78, 5) is 29.1. The highest BCUT2D eigenvalue weighted by molar-refractivity contribution is 5.94. The van der Waals surface area contributed by atoms with E-state index in [9.17, 15) is 4.79 Å². The van der Waals surface area contributed by atoms with Gasteiger partial charge < -0.3 is 19.5 Å². The highest BCUT2D eigenvalue weighted by Crippen LogP contribution is 2.32. The summed E-state index contributed by atoms with van der Waals surface area (Å²) in [5.74, 6) is 1.73. The number of hydrogen-bond acceptors (Lipinski definition) is 5. The first-order valence-corrected chi connectivity index (χ1v) is 8.80. The molecule has 7 nitrogen and oxygen atoms in total. The van der Waals surface area contributed by atoms with Crippen LogP contribution in [0.4, 0.5) is 5.82 Å². The number of ether oxygens (including phenoxy) is 1. The fraction of sp³-hybridized carbons (Fsp3) is 0.500. The Hall–Kier alpha value is -2.41. The van der Waals surface area contributed by atoms with Crippen LogP contribution in [-0.2, 0) is 4.74 Å². The van der Waals surface area contributed by atoms with E-state index in [0.717, 1.165) is 31.2 Å². The number of aromatic amines is 1. The summed E-state index contributed by atoms with van der Waals surface area (Å²) in [5.41, 5.74) is 0.608. The highest BCUT2D eigenvalue weighted by atomic mass is 16.5. The smallest absolute Gasteiger partial charge is 0.256 e. The topological polar surface area (TPSA) is 74.3 Å². The minimum atomic E-state index is -0.0919. The second-order valence-electron chi connectivity index (χ2n) is 6.64. The maximum Gasteiger partial charge on any atom is 0.256 e. The number of H-pyrrole nitrogens is 1. The molecule has 2 saturated heterocycles. The van der Waals surface area contributed by atoms with Crippen LogP contribution in [0.1, 0.15) is 41.5 Å². The third-order valence-corrected chi connectivity index (χ3v) is 5.12. The molecule has 1 N–H and O–H groups in total. The van der Waals surface area contributed by atoms with Crippen molar-refractivity contribution in [1.82, 2.24) is 19.9 Å². The summed E-state index contributed by atoms with van der Waals surface area (Å²) in [6, 6.07) is 3.73. The Kier molecular flexibility index (Phi) is 4.40. The van der Waals surface area contributed by atoms with Crippen molar-refractivity contribution in [3.8, 4) is 0 Å². The average molecular weight is 341 g/mol. The quantitative estimate of drug-likeness (QED) is 0.921. The van der Waals surface area contributed by atoms with E-state index in [4.69, 9.17) is 4.74 Å². The Balaban J connectivity index is 1.54. The molecule has 0 aromatic carbocycles. The number of nitrogens with one attached hydrogen (secondary N) is 1. The standard InChI is InChI=1S/C18H23N5O2/c1-25-14-10-15(17-19-6-7-20-17)23(12-14)18(24)13-4-5-16(21-11-13)22-8-2-3-9-22/h4-7,11,14-15H,2-3,8-10,12H2,1H3,(H,19,20)/t14-,15?/m1/s1. The molecule has 132 valence electrons. The zero-order chi connectivity index (χ0) is 17.2. The van der Waals surface area contributed by atoms with Gasteiger partial charge in [0.15, 0.2) is 0 Å². The molecule has 0 bridgehead atoms. The Morgan fingerprint density at radius 3 is 2.76 bits per heavy atom. The number of pyridine rings is 1. The molecule has 7 heteroatoms. The van der Waals surface area contributed by atoms with Gasteiger partial charge in [0.1, 0.15) is 11.6 Å². The monoisotopic (exact) mass is 341 g/mol. The molecule has 25 heavy (non-hydrogen) atoms. The van der Waals surface area contributed by atoms with Crippen molar-refractivity contribution < 1.29 is 9.53 Å². The Morgan fingerprint density at radius 2 is 2.12 bits per heavy atom. The molecule has 2 aromatic rings. The lowest BCUT2D eigenvalue weighted by atomic mass is 10.1. The molecule has 2 atom stereocenters. The molecule has 2 aliphatic heterocycles. The van der Waals surface area contributed by atoms with Crippen LogP contribution >= 0.6 is 0 Å². The van der Waals surface area contributed by atoms with E-state index in [-0.39, 0.29) is 18.1 Å². The predicted octanol–water partition coefficient (Wildman–Crippen LogP) is 2.01. The van der Waals surface area contributed by atoms with Crippen LogP contribution in [-0.4, -0.2) is 58.6 Å². The first kappa shape index (κ1) is 16.1. The first-order chi connectivity index (χ1) is 12.3. The summed E-state index contributed by atoms with van der Waals surface area (Å²) in [6.45, 7) is 2.65. The van der Waals surface area contributed by atoms with Gasteiger partial charge in [-0.3, -0.25) is 4.79 Å². The van der Waals surface area contributed by atoms with Gasteiger partial charge in [-0.15, -0.1) is 0 Å². The average Bonchev–Trinajstić information content (AvgIpc) is 3.42. The molecule has 0 saturated carbocycles. The zero-order valence-corrected chi connectivity index (χ0v) is 14.4. The molecule has 1 unspecified atom stereocenters. The molecular formula is C18H23N5O2. The van der Waals surface area contributed by atoms with Crippen molar-refractivity contribution in [2.75, 3.05) is 31.6 Å². The van der Waals surface area contributed by atoms with Crippen molar-refractivity contribution in [1.29, 1.82) is 0 Å². The fourth-order valence-electron chi connectivity index (χ4n) is 3.72. The number of rotatable bonds is 4. The minimum Gasteiger partial charge on any atom is -0.380 e. The fourth-order valence-corrected chi connectivity index (χ4v) is 3.72. The molecule has 2 aromatic heterocycles. The number of carbonyl (C=O) groups excluding carboxylic acids is 1. The van der Waals surface area contributed by atoms with Gasteiger partial charge in [0.05, 0.1) is 17.7 Å². The Bertz CT molecular complexity index is 710. The third-order valence-electron chi connectivity index (χ3n) is 5.12. The molecular weight excluding hydrogens is 318 g/mol. The van der Waals surface area contributed by atoms with Crippen molar-refractivity contribution in [3.05, 3.63) is 42.1 Å². The van der Waals surface area contributed by atoms with E-state index < -0.39 is 0 Å². The second kappa shape index (κ2) is 6.84. The van der Waals surface area contributed by atoms with Gasteiger partial charge in [-0.25, -0.2) is 9.97 Å². The number of imidazole rings is 1. The van der Waals surface area contributed by atoms with Crippen LogP contribution in [0.15, 0.2) is 30.7 Å².